The van der Waals surface area contributed by atoms with Crippen molar-refractivity contribution in [2.45, 2.75) is 25.8 Å². The van der Waals surface area contributed by atoms with Gasteiger partial charge in [0.15, 0.2) is 5.50 Å². The van der Waals surface area contributed by atoms with Gasteiger partial charge in [0.05, 0.1) is 16.0 Å². The highest BCUT2D eigenvalue weighted by atomic mass is 79.9. The van der Waals surface area contributed by atoms with Crippen molar-refractivity contribution < 1.29 is 9.53 Å². The van der Waals surface area contributed by atoms with Gasteiger partial charge in [-0.15, -0.1) is 0 Å². The summed E-state index contributed by atoms with van der Waals surface area (Å²) in [6.45, 7) is 4.69. The maximum atomic E-state index is 12.3. The molecule has 1 saturated heterocycles. The van der Waals surface area contributed by atoms with Crippen LogP contribution in [0.3, 0.4) is 0 Å². The van der Waals surface area contributed by atoms with Crippen molar-refractivity contribution in [2.75, 3.05) is 11.9 Å². The SMILES string of the molecule is CCOc1ccc(/C=C2\S[C@H](Nc3ccc(CC)cc3)NC2=O)cc1Br. The molecular weight excluding hydrogens is 412 g/mol. The molecule has 0 bridgehead atoms. The van der Waals surface area contributed by atoms with Gasteiger partial charge < -0.3 is 15.4 Å². The third-order valence-electron chi connectivity index (χ3n) is 3.94. The van der Waals surface area contributed by atoms with Crippen LogP contribution in [0.4, 0.5) is 5.69 Å². The molecule has 1 heterocycles. The lowest BCUT2D eigenvalue weighted by molar-refractivity contribution is -0.116. The van der Waals surface area contributed by atoms with Crippen molar-refractivity contribution in [1.29, 1.82) is 0 Å². The van der Waals surface area contributed by atoms with Crippen LogP contribution in [0.5, 0.6) is 5.75 Å². The molecule has 1 fully saturated rings. The molecular formula is C20H21BrN2O2S. The van der Waals surface area contributed by atoms with Crippen LogP contribution >= 0.6 is 27.7 Å². The van der Waals surface area contributed by atoms with Crippen LogP contribution in [-0.2, 0) is 11.2 Å². The van der Waals surface area contributed by atoms with E-state index in [9.17, 15) is 4.79 Å². The molecule has 1 aliphatic heterocycles. The van der Waals surface area contributed by atoms with E-state index >= 15 is 0 Å². The van der Waals surface area contributed by atoms with Crippen molar-refractivity contribution in [3.63, 3.8) is 0 Å². The molecule has 1 aliphatic rings. The monoisotopic (exact) mass is 432 g/mol. The van der Waals surface area contributed by atoms with E-state index in [1.165, 1.54) is 17.3 Å². The number of halogens is 1. The van der Waals surface area contributed by atoms with Crippen molar-refractivity contribution >= 4 is 45.4 Å². The molecule has 136 valence electrons. The predicted molar refractivity (Wildman–Crippen MR) is 112 cm³/mol. The highest BCUT2D eigenvalue weighted by molar-refractivity contribution is 9.10. The van der Waals surface area contributed by atoms with Gasteiger partial charge in [0.2, 0.25) is 0 Å². The van der Waals surface area contributed by atoms with Gasteiger partial charge in [-0.05, 0) is 70.7 Å². The minimum Gasteiger partial charge on any atom is -0.493 e. The average molecular weight is 433 g/mol. The topological polar surface area (TPSA) is 50.4 Å². The predicted octanol–water partition coefficient (Wildman–Crippen LogP) is 5.01. The van der Waals surface area contributed by atoms with Gasteiger partial charge in [-0.1, -0.05) is 36.9 Å². The van der Waals surface area contributed by atoms with Gasteiger partial charge >= 0.3 is 0 Å². The van der Waals surface area contributed by atoms with E-state index in [-0.39, 0.29) is 11.4 Å². The number of anilines is 1. The Balaban J connectivity index is 1.68. The van der Waals surface area contributed by atoms with E-state index in [0.29, 0.717) is 11.5 Å². The van der Waals surface area contributed by atoms with Crippen molar-refractivity contribution in [2.24, 2.45) is 0 Å². The number of benzene rings is 2. The molecule has 3 rings (SSSR count). The quantitative estimate of drug-likeness (QED) is 0.629. The number of carbonyl (C=O) groups excluding carboxylic acids is 1. The molecule has 0 saturated carbocycles. The summed E-state index contributed by atoms with van der Waals surface area (Å²) in [4.78, 5) is 12.9. The number of nitrogens with one attached hydrogen (secondary N) is 2. The first kappa shape index (κ1) is 18.9. The number of hydrogen-bond acceptors (Lipinski definition) is 4. The molecule has 0 aromatic heterocycles. The van der Waals surface area contributed by atoms with Crippen LogP contribution in [0.15, 0.2) is 51.8 Å². The third-order valence-corrected chi connectivity index (χ3v) is 5.59. The molecule has 1 atom stereocenters. The van der Waals surface area contributed by atoms with Crippen molar-refractivity contribution in [3.8, 4) is 5.75 Å². The number of amides is 1. The average Bonchev–Trinajstić information content (AvgIpc) is 2.97. The van der Waals surface area contributed by atoms with Crippen molar-refractivity contribution in [3.05, 3.63) is 63.0 Å². The largest absolute Gasteiger partial charge is 0.493 e. The summed E-state index contributed by atoms with van der Waals surface area (Å²) in [5.74, 6) is 0.732. The van der Waals surface area contributed by atoms with E-state index in [1.807, 2.05) is 43.3 Å². The zero-order valence-corrected chi connectivity index (χ0v) is 17.1. The van der Waals surface area contributed by atoms with Gasteiger partial charge in [0, 0.05) is 5.69 Å². The second kappa shape index (κ2) is 8.64. The number of aryl methyl sites for hydroxylation is 1. The molecule has 26 heavy (non-hydrogen) atoms. The molecule has 0 unspecified atom stereocenters. The maximum absolute atomic E-state index is 12.3. The molecule has 6 heteroatoms. The molecule has 2 aromatic carbocycles. The van der Waals surface area contributed by atoms with Gasteiger partial charge in [-0.3, -0.25) is 4.79 Å². The van der Waals surface area contributed by atoms with Gasteiger partial charge in [-0.2, -0.15) is 0 Å². The van der Waals surface area contributed by atoms with E-state index in [0.717, 1.165) is 27.9 Å². The normalized spacial score (nSPS) is 18.0. The maximum Gasteiger partial charge on any atom is 0.260 e. The number of hydrogen-bond donors (Lipinski definition) is 2. The third kappa shape index (κ3) is 4.62. The Morgan fingerprint density at radius 1 is 1.23 bits per heavy atom. The molecule has 0 spiro atoms. The highest BCUT2D eigenvalue weighted by Gasteiger charge is 2.27. The summed E-state index contributed by atoms with van der Waals surface area (Å²) < 4.78 is 6.40. The fraction of sp³-hybridized carbons (Fsp3) is 0.250. The van der Waals surface area contributed by atoms with Crippen molar-refractivity contribution in [1.82, 2.24) is 5.32 Å². The summed E-state index contributed by atoms with van der Waals surface area (Å²) >= 11 is 4.99. The minimum atomic E-state index is -0.174. The number of rotatable bonds is 6. The second-order valence-corrected chi connectivity index (χ2v) is 7.80. The second-order valence-electron chi connectivity index (χ2n) is 5.80. The molecule has 4 nitrogen and oxygen atoms in total. The number of carbonyl (C=O) groups is 1. The molecule has 0 aliphatic carbocycles. The summed E-state index contributed by atoms with van der Waals surface area (Å²) in [6.07, 6.45) is 2.90. The zero-order valence-electron chi connectivity index (χ0n) is 14.7. The lowest BCUT2D eigenvalue weighted by atomic mass is 10.1. The summed E-state index contributed by atoms with van der Waals surface area (Å²) in [5, 5.41) is 6.29. The molecule has 2 aromatic rings. The number of thioether (sulfide) groups is 1. The smallest absolute Gasteiger partial charge is 0.260 e. The fourth-order valence-corrected chi connectivity index (χ4v) is 4.08. The Bertz CT molecular complexity index is 821. The first-order valence-corrected chi connectivity index (χ1v) is 10.2. The van der Waals surface area contributed by atoms with Crippen LogP contribution in [0, 0.1) is 0 Å². The fourth-order valence-electron chi connectivity index (χ4n) is 2.58. The lowest BCUT2D eigenvalue weighted by Gasteiger charge is -2.12. The minimum absolute atomic E-state index is 0.0670. The van der Waals surface area contributed by atoms with E-state index in [2.05, 4.69) is 45.6 Å². The molecule has 0 radical (unpaired) electrons. The standard InChI is InChI=1S/C20H21BrN2O2S/c1-3-13-5-8-15(9-6-13)22-20-23-19(24)18(26-20)12-14-7-10-17(25-4-2)16(21)11-14/h5-12,20,22H,3-4H2,1-2H3,(H,23,24)/b18-12-/t20-/m1/s1. The van der Waals surface area contributed by atoms with Crippen LogP contribution in [0.1, 0.15) is 25.0 Å². The Morgan fingerprint density at radius 3 is 2.65 bits per heavy atom. The summed E-state index contributed by atoms with van der Waals surface area (Å²) in [6, 6.07) is 14.1. The van der Waals surface area contributed by atoms with Crippen LogP contribution < -0.4 is 15.4 Å². The van der Waals surface area contributed by atoms with Gasteiger partial charge in [0.25, 0.3) is 5.91 Å². The van der Waals surface area contributed by atoms with Crippen LogP contribution in [0.25, 0.3) is 6.08 Å². The van der Waals surface area contributed by atoms with Gasteiger partial charge in [-0.25, -0.2) is 0 Å². The first-order chi connectivity index (χ1) is 12.6. The molecule has 1 amide bonds. The highest BCUT2D eigenvalue weighted by Crippen LogP contribution is 2.32. The lowest BCUT2D eigenvalue weighted by Crippen LogP contribution is -2.30. The zero-order chi connectivity index (χ0) is 18.5. The Labute approximate surface area is 166 Å². The molecule has 2 N–H and O–H groups in total. The first-order valence-electron chi connectivity index (χ1n) is 8.56. The van der Waals surface area contributed by atoms with Crippen LogP contribution in [-0.4, -0.2) is 18.0 Å². The van der Waals surface area contributed by atoms with E-state index < -0.39 is 0 Å². The van der Waals surface area contributed by atoms with E-state index in [4.69, 9.17) is 4.74 Å². The van der Waals surface area contributed by atoms with E-state index in [1.54, 1.807) is 0 Å². The Kier molecular flexibility index (Phi) is 6.27. The summed E-state index contributed by atoms with van der Waals surface area (Å²) in [7, 11) is 0. The Morgan fingerprint density at radius 2 is 2.00 bits per heavy atom. The van der Waals surface area contributed by atoms with Gasteiger partial charge in [0.1, 0.15) is 5.75 Å². The number of ether oxygens (including phenoxy) is 1. The van der Waals surface area contributed by atoms with Crippen LogP contribution in [0.2, 0.25) is 0 Å². The Hall–Kier alpha value is -1.92. The summed E-state index contributed by atoms with van der Waals surface area (Å²) in [5.41, 5.74) is 3.06.